The van der Waals surface area contributed by atoms with Gasteiger partial charge in [0.05, 0.1) is 7.11 Å². The molecule has 5 rings (SSSR count). The van der Waals surface area contributed by atoms with Gasteiger partial charge in [0.25, 0.3) is 0 Å². The van der Waals surface area contributed by atoms with Gasteiger partial charge in [-0.15, -0.1) is 0 Å². The third-order valence-electron chi connectivity index (χ3n) is 6.25. The molecule has 2 atom stereocenters. The van der Waals surface area contributed by atoms with Crippen molar-refractivity contribution in [3.63, 3.8) is 0 Å². The molecule has 2 aromatic carbocycles. The van der Waals surface area contributed by atoms with E-state index >= 15 is 0 Å². The highest BCUT2D eigenvalue weighted by atomic mass is 16.7. The second-order valence-electron chi connectivity index (χ2n) is 8.19. The molecule has 2 N–H and O–H groups in total. The number of fused-ring (bicyclic) bond motifs is 1. The van der Waals surface area contributed by atoms with Gasteiger partial charge >= 0.3 is 0 Å². The maximum absolute atomic E-state index is 13.0. The quantitative estimate of drug-likeness (QED) is 0.756. The van der Waals surface area contributed by atoms with Crippen molar-refractivity contribution < 1.29 is 19.0 Å². The average Bonchev–Trinajstić information content (AvgIpc) is 3.49. The molecule has 0 radical (unpaired) electrons. The van der Waals surface area contributed by atoms with E-state index in [2.05, 4.69) is 21.8 Å². The molecule has 2 saturated heterocycles. The van der Waals surface area contributed by atoms with Gasteiger partial charge in [-0.1, -0.05) is 18.2 Å². The second kappa shape index (κ2) is 8.74. The minimum absolute atomic E-state index is 0.118. The third-order valence-corrected chi connectivity index (χ3v) is 6.25. The second-order valence-corrected chi connectivity index (χ2v) is 8.19. The van der Waals surface area contributed by atoms with Gasteiger partial charge in [0, 0.05) is 38.8 Å². The first kappa shape index (κ1) is 20.1. The number of ether oxygens (including phenoxy) is 3. The molecule has 3 heterocycles. The van der Waals surface area contributed by atoms with E-state index in [9.17, 15) is 4.79 Å². The van der Waals surface area contributed by atoms with Crippen molar-refractivity contribution >= 4 is 5.91 Å². The van der Waals surface area contributed by atoms with Gasteiger partial charge in [0.2, 0.25) is 12.7 Å². The zero-order valence-corrected chi connectivity index (χ0v) is 17.7. The summed E-state index contributed by atoms with van der Waals surface area (Å²) in [6.45, 7) is 4.36. The Labute approximate surface area is 182 Å². The van der Waals surface area contributed by atoms with Crippen LogP contribution in [0, 0.1) is 0 Å². The summed E-state index contributed by atoms with van der Waals surface area (Å²) in [7, 11) is 1.66. The summed E-state index contributed by atoms with van der Waals surface area (Å²) in [5.74, 6) is 2.63. The molecule has 3 aliphatic heterocycles. The van der Waals surface area contributed by atoms with E-state index in [0.29, 0.717) is 6.79 Å². The Hall–Kier alpha value is -2.81. The van der Waals surface area contributed by atoms with Crippen LogP contribution in [0.15, 0.2) is 42.5 Å². The van der Waals surface area contributed by atoms with Gasteiger partial charge in [0.15, 0.2) is 11.5 Å². The van der Waals surface area contributed by atoms with Gasteiger partial charge < -0.3 is 19.1 Å². The van der Waals surface area contributed by atoms with Crippen LogP contribution in [-0.2, 0) is 11.3 Å². The summed E-state index contributed by atoms with van der Waals surface area (Å²) in [5, 5.41) is 0. The molecular formula is C23H28N4O4. The first-order valence-electron chi connectivity index (χ1n) is 10.7. The van der Waals surface area contributed by atoms with Gasteiger partial charge in [-0.25, -0.2) is 10.9 Å². The van der Waals surface area contributed by atoms with Gasteiger partial charge in [0.1, 0.15) is 11.8 Å². The Morgan fingerprint density at radius 1 is 1.03 bits per heavy atom. The van der Waals surface area contributed by atoms with Crippen LogP contribution in [0.25, 0.3) is 0 Å². The molecule has 0 aromatic heterocycles. The number of hydrogen-bond donors (Lipinski definition) is 2. The number of carbonyl (C=O) groups is 1. The molecule has 0 saturated carbocycles. The van der Waals surface area contributed by atoms with Gasteiger partial charge in [-0.2, -0.15) is 0 Å². The molecule has 8 heteroatoms. The fourth-order valence-electron chi connectivity index (χ4n) is 4.42. The molecule has 0 aliphatic carbocycles. The number of amides is 1. The number of nitrogens with zero attached hydrogens (tertiary/aromatic N) is 2. The Bertz CT molecular complexity index is 928. The number of hydrogen-bond acceptors (Lipinski definition) is 7. The Kier molecular flexibility index (Phi) is 5.67. The minimum Gasteiger partial charge on any atom is -0.497 e. The van der Waals surface area contributed by atoms with Crippen LogP contribution in [0.1, 0.15) is 23.6 Å². The summed E-state index contributed by atoms with van der Waals surface area (Å²) in [5.41, 5.74) is 8.82. The first-order chi connectivity index (χ1) is 15.2. The first-order valence-corrected chi connectivity index (χ1v) is 10.7. The number of piperazine rings is 1. The van der Waals surface area contributed by atoms with E-state index in [-0.39, 0.29) is 18.0 Å². The maximum atomic E-state index is 13.0. The lowest BCUT2D eigenvalue weighted by atomic mass is 10.0. The van der Waals surface area contributed by atoms with E-state index in [0.717, 1.165) is 62.0 Å². The highest BCUT2D eigenvalue weighted by Crippen LogP contribution is 2.33. The molecule has 0 spiro atoms. The van der Waals surface area contributed by atoms with Crippen molar-refractivity contribution in [2.45, 2.75) is 25.0 Å². The largest absolute Gasteiger partial charge is 0.497 e. The van der Waals surface area contributed by atoms with Crippen LogP contribution < -0.4 is 25.1 Å². The zero-order valence-electron chi connectivity index (χ0n) is 17.7. The monoisotopic (exact) mass is 424 g/mol. The Balaban J connectivity index is 1.11. The molecule has 8 nitrogen and oxygen atoms in total. The maximum Gasteiger partial charge on any atom is 0.241 e. The number of methoxy groups -OCH3 is 1. The average molecular weight is 425 g/mol. The molecule has 0 bridgehead atoms. The fraction of sp³-hybridized carbons (Fsp3) is 0.435. The Morgan fingerprint density at radius 3 is 2.58 bits per heavy atom. The van der Waals surface area contributed by atoms with Crippen molar-refractivity contribution in [1.29, 1.82) is 0 Å². The lowest BCUT2D eigenvalue weighted by Gasteiger charge is -2.35. The SMILES string of the molecule is COc1ccc(C2CC(C(=O)N3CCN(Cc4ccc5c(c4)OCO5)CC3)NN2)cc1. The number of nitrogens with one attached hydrogen (secondary N) is 2. The van der Waals surface area contributed by atoms with Gasteiger partial charge in [-0.3, -0.25) is 9.69 Å². The number of benzene rings is 2. The van der Waals surface area contributed by atoms with E-state index in [4.69, 9.17) is 14.2 Å². The normalized spacial score (nSPS) is 23.2. The fourth-order valence-corrected chi connectivity index (χ4v) is 4.42. The van der Waals surface area contributed by atoms with E-state index in [1.165, 1.54) is 5.56 Å². The smallest absolute Gasteiger partial charge is 0.241 e. The van der Waals surface area contributed by atoms with Crippen LogP contribution in [-0.4, -0.2) is 61.8 Å². The standard InChI is InChI=1S/C23H28N4O4/c1-29-18-5-3-17(4-6-18)19-13-20(25-24-19)23(28)27-10-8-26(9-11-27)14-16-2-7-21-22(12-16)31-15-30-21/h2-7,12,19-20,24-25H,8-11,13-15H2,1H3. The number of hydrazine groups is 1. The summed E-state index contributed by atoms with van der Waals surface area (Å²) in [4.78, 5) is 17.4. The van der Waals surface area contributed by atoms with Crippen LogP contribution in [0.3, 0.4) is 0 Å². The van der Waals surface area contributed by atoms with Crippen molar-refractivity contribution in [2.75, 3.05) is 40.1 Å². The molecule has 164 valence electrons. The summed E-state index contributed by atoms with van der Waals surface area (Å²) in [6.07, 6.45) is 0.739. The van der Waals surface area contributed by atoms with Crippen molar-refractivity contribution in [1.82, 2.24) is 20.7 Å². The predicted molar refractivity (Wildman–Crippen MR) is 115 cm³/mol. The van der Waals surface area contributed by atoms with Crippen LogP contribution in [0.5, 0.6) is 17.2 Å². The van der Waals surface area contributed by atoms with E-state index in [1.807, 2.05) is 41.3 Å². The summed E-state index contributed by atoms with van der Waals surface area (Å²) in [6, 6.07) is 14.0. The topological polar surface area (TPSA) is 75.3 Å². The van der Waals surface area contributed by atoms with Crippen LogP contribution in [0.2, 0.25) is 0 Å². The molecule has 1 amide bonds. The van der Waals surface area contributed by atoms with E-state index < -0.39 is 0 Å². The molecule has 2 aromatic rings. The number of rotatable bonds is 5. The molecule has 3 aliphatic rings. The Morgan fingerprint density at radius 2 is 1.81 bits per heavy atom. The van der Waals surface area contributed by atoms with Crippen LogP contribution in [0.4, 0.5) is 0 Å². The number of carbonyl (C=O) groups excluding carboxylic acids is 1. The summed E-state index contributed by atoms with van der Waals surface area (Å²) >= 11 is 0. The molecule has 2 unspecified atom stereocenters. The predicted octanol–water partition coefficient (Wildman–Crippen LogP) is 1.68. The van der Waals surface area contributed by atoms with Crippen molar-refractivity contribution in [3.05, 3.63) is 53.6 Å². The zero-order chi connectivity index (χ0) is 21.2. The molecular weight excluding hydrogens is 396 g/mol. The highest BCUT2D eigenvalue weighted by molar-refractivity contribution is 5.82. The molecule has 2 fully saturated rings. The lowest BCUT2D eigenvalue weighted by Crippen LogP contribution is -2.53. The lowest BCUT2D eigenvalue weighted by molar-refractivity contribution is -0.135. The minimum atomic E-state index is -0.201. The molecule has 31 heavy (non-hydrogen) atoms. The summed E-state index contributed by atoms with van der Waals surface area (Å²) < 4.78 is 16.1. The van der Waals surface area contributed by atoms with Gasteiger partial charge in [-0.05, 0) is 41.8 Å². The van der Waals surface area contributed by atoms with Crippen molar-refractivity contribution in [3.8, 4) is 17.2 Å². The highest BCUT2D eigenvalue weighted by Gasteiger charge is 2.34. The van der Waals surface area contributed by atoms with E-state index in [1.54, 1.807) is 7.11 Å². The van der Waals surface area contributed by atoms with Crippen LogP contribution >= 0.6 is 0 Å². The van der Waals surface area contributed by atoms with Crippen molar-refractivity contribution in [2.24, 2.45) is 0 Å². The third kappa shape index (κ3) is 4.32.